The van der Waals surface area contributed by atoms with Gasteiger partial charge in [0.05, 0.1) is 75.6 Å². The lowest BCUT2D eigenvalue weighted by Crippen LogP contribution is -2.06. The van der Waals surface area contributed by atoms with Crippen molar-refractivity contribution in [3.05, 3.63) is 193 Å². The number of hydrogen-bond donors (Lipinski definition) is 0. The molecule has 266 valence electrons. The molecule has 12 rings (SSSR count). The zero-order valence-electron chi connectivity index (χ0n) is 59.3. The smallest absolute Gasteiger partial charge is 0.238 e. The van der Waals surface area contributed by atoms with Crippen LogP contribution in [0.5, 0.6) is 0 Å². The molecule has 12 aromatic rings. The van der Waals surface area contributed by atoms with E-state index in [-0.39, 0.29) is 0 Å². The topological polar surface area (TPSA) is 53.5 Å². The quantitative estimate of drug-likeness (QED) is 0.176. The monoisotopic (exact) mass is 759 g/mol. The summed E-state index contributed by atoms with van der Waals surface area (Å²) in [5.41, 5.74) is -7.06. The van der Waals surface area contributed by atoms with Gasteiger partial charge in [0.15, 0.2) is 11.6 Å². The molecule has 0 N–H and O–H groups in total. The number of nitrogens with zero attached hydrogens (tertiary/aromatic N) is 6. The largest absolute Gasteiger partial charge is 0.309 e. The minimum absolute atomic E-state index is 0.504. The molecule has 0 atom stereocenters. The van der Waals surface area contributed by atoms with Gasteiger partial charge in [-0.1, -0.05) is 139 Å². The van der Waals surface area contributed by atoms with Crippen molar-refractivity contribution in [2.75, 3.05) is 0 Å². The molecular weight excluding hydrogens is 697 g/mol. The van der Waals surface area contributed by atoms with Gasteiger partial charge in [0.1, 0.15) is 0 Å². The minimum atomic E-state index is -1.05. The SMILES string of the molecule is [2H]c1cc([2H])c(-n2c3c([2H])c([2H])c([2H])c([2H])c3c3c([2H])c([2H])c4c(c5c([2H])c([2H])c([2H])c([2H])c5n4-c4nc(-c5c([2H])c([2H])c([2H])c([2H])c5[2H])nc(-c5c([2H])c([2H])c6c7c([2H])c([2H])c([2H])c([2H])c7n(-c7c([2H])c([2H])c([2H])c([2H])c7[2H])c6c5[2H])n4)c32)c([2H])c1[2H]. The average molecular weight is 760 g/mol. The highest BCUT2D eigenvalue weighted by molar-refractivity contribution is 6.26. The summed E-state index contributed by atoms with van der Waals surface area (Å²) in [6.45, 7) is 0. The van der Waals surface area contributed by atoms with Crippen LogP contribution in [0.25, 0.3) is 106 Å². The van der Waals surface area contributed by atoms with E-state index in [9.17, 15) is 12.3 Å². The Morgan fingerprint density at radius 3 is 1.65 bits per heavy atom. The van der Waals surface area contributed by atoms with Gasteiger partial charge in [-0.15, -0.1) is 0 Å². The molecule has 0 aliphatic rings. The van der Waals surface area contributed by atoms with Crippen LogP contribution in [0.3, 0.4) is 0 Å². The molecule has 4 heterocycles. The fourth-order valence-corrected chi connectivity index (χ4v) is 6.89. The van der Waals surface area contributed by atoms with Crippen molar-refractivity contribution < 1.29 is 42.5 Å². The Kier molecular flexibility index (Phi) is 2.97. The third kappa shape index (κ3) is 4.74. The first-order valence-corrected chi connectivity index (χ1v) is 16.7. The molecule has 57 heavy (non-hydrogen) atoms. The molecule has 0 bridgehead atoms. The predicted molar refractivity (Wildman–Crippen MR) is 234 cm³/mol. The van der Waals surface area contributed by atoms with Crippen molar-refractivity contribution >= 4 is 65.4 Å². The third-order valence-corrected chi connectivity index (χ3v) is 9.14. The van der Waals surface area contributed by atoms with E-state index in [0.717, 1.165) is 15.2 Å². The second-order valence-corrected chi connectivity index (χ2v) is 12.1. The lowest BCUT2D eigenvalue weighted by atomic mass is 10.1. The van der Waals surface area contributed by atoms with Crippen LogP contribution >= 0.6 is 0 Å². The minimum Gasteiger partial charge on any atom is -0.309 e. The van der Waals surface area contributed by atoms with Crippen LogP contribution < -0.4 is 0 Å². The Bertz CT molecular complexity index is 5300. The van der Waals surface area contributed by atoms with Gasteiger partial charge in [-0.25, -0.2) is 4.98 Å². The average Bonchev–Trinajstić information content (AvgIpc) is 1.52. The van der Waals surface area contributed by atoms with Crippen LogP contribution in [0.15, 0.2) is 193 Å². The molecule has 0 spiro atoms. The second kappa shape index (κ2) is 12.3. The summed E-state index contributed by atoms with van der Waals surface area (Å²) in [5, 5.41) is -3.33. The van der Waals surface area contributed by atoms with Crippen molar-refractivity contribution in [2.45, 2.75) is 0 Å². The van der Waals surface area contributed by atoms with E-state index in [1.807, 2.05) is 0 Å². The van der Waals surface area contributed by atoms with E-state index in [2.05, 4.69) is 15.0 Å². The van der Waals surface area contributed by atoms with Crippen molar-refractivity contribution in [3.8, 4) is 40.1 Å². The molecule has 0 aliphatic heterocycles. The van der Waals surface area contributed by atoms with Crippen LogP contribution in [-0.4, -0.2) is 28.7 Å². The zero-order valence-corrected chi connectivity index (χ0v) is 28.3. The molecule has 0 unspecified atom stereocenters. The Hall–Kier alpha value is -7.83. The fraction of sp³-hybridized carbons (Fsp3) is 0. The molecule has 6 heteroatoms. The van der Waals surface area contributed by atoms with E-state index in [0.29, 0.717) is 4.57 Å². The van der Waals surface area contributed by atoms with Crippen molar-refractivity contribution in [3.63, 3.8) is 0 Å². The number of benzene rings is 8. The highest BCUT2D eigenvalue weighted by Gasteiger charge is 2.23. The van der Waals surface area contributed by atoms with Crippen LogP contribution in [0, 0.1) is 0 Å². The molecule has 0 aliphatic carbocycles. The van der Waals surface area contributed by atoms with Crippen LogP contribution in [-0.2, 0) is 0 Å². The maximum absolute atomic E-state index is 10.1. The summed E-state index contributed by atoms with van der Waals surface area (Å²) in [5.74, 6) is -2.92. The van der Waals surface area contributed by atoms with Crippen molar-refractivity contribution in [2.24, 2.45) is 0 Å². The predicted octanol–water partition coefficient (Wildman–Crippen LogP) is 12.5. The molecular formula is C51H32N6. The number of aromatic nitrogens is 6. The molecule has 0 amide bonds. The lowest BCUT2D eigenvalue weighted by Gasteiger charge is -2.12. The summed E-state index contributed by atoms with van der Waals surface area (Å²) in [6.07, 6.45) is 0. The first kappa shape index (κ1) is 13.7. The van der Waals surface area contributed by atoms with Gasteiger partial charge >= 0.3 is 0 Å². The lowest BCUT2D eigenvalue weighted by molar-refractivity contribution is 0.953. The van der Waals surface area contributed by atoms with E-state index in [1.54, 1.807) is 0 Å². The standard InChI is InChI=1S/C51H32N6/c1-4-16-33(17-5-1)49-52-50(34-28-29-39-37-22-10-13-25-42(37)55(46(39)32-34)35-18-6-2-7-19-35)54-51(53-49)57-44-27-15-12-24-41(44)47-45(57)31-30-40-38-23-11-14-26-43(38)56(48(40)47)36-20-8-3-9-21-36/h1-32H/i1D,2D,3D,4D,5D,6D,7D,8D,10D,11D,12D,13D,14D,15D,16D,17D,18D,19D,20D,21D,22D,23D,24D,25D,26D,27D,28D,29D,30D,31D,32D. The van der Waals surface area contributed by atoms with Gasteiger partial charge in [0.25, 0.3) is 0 Å². The Morgan fingerprint density at radius 2 is 0.895 bits per heavy atom. The normalized spacial score (nSPS) is 19.5. The first-order chi connectivity index (χ1) is 41.2. The molecule has 8 aromatic carbocycles. The highest BCUT2D eigenvalue weighted by atomic mass is 15.2. The second-order valence-electron chi connectivity index (χ2n) is 12.1. The Balaban J connectivity index is 1.36. The summed E-state index contributed by atoms with van der Waals surface area (Å²) < 4.78 is 283. The van der Waals surface area contributed by atoms with Gasteiger partial charge in [-0.2, -0.15) is 9.97 Å². The van der Waals surface area contributed by atoms with Crippen molar-refractivity contribution in [1.29, 1.82) is 0 Å². The molecule has 0 saturated carbocycles. The maximum atomic E-state index is 10.1. The molecule has 0 radical (unpaired) electrons. The number of para-hydroxylation sites is 5. The van der Waals surface area contributed by atoms with E-state index in [4.69, 9.17) is 30.2 Å². The number of fused-ring (bicyclic) bond motifs is 10. The summed E-state index contributed by atoms with van der Waals surface area (Å²) in [4.78, 5) is 13.6. The van der Waals surface area contributed by atoms with E-state index in [1.165, 1.54) is 0 Å². The van der Waals surface area contributed by atoms with Crippen molar-refractivity contribution in [1.82, 2.24) is 28.7 Å². The molecule has 4 aromatic heterocycles. The van der Waals surface area contributed by atoms with E-state index < -0.39 is 293 Å². The Labute approximate surface area is 370 Å². The van der Waals surface area contributed by atoms with Gasteiger partial charge in [-0.05, 0) is 54.4 Å². The van der Waals surface area contributed by atoms with Gasteiger partial charge in [0.2, 0.25) is 5.95 Å². The fourth-order valence-electron chi connectivity index (χ4n) is 6.89. The summed E-state index contributed by atoms with van der Waals surface area (Å²) in [7, 11) is 0. The van der Waals surface area contributed by atoms with Gasteiger partial charge in [-0.3, -0.25) is 4.57 Å². The summed E-state index contributed by atoms with van der Waals surface area (Å²) in [6, 6.07) is -27.5. The maximum Gasteiger partial charge on any atom is 0.238 e. The van der Waals surface area contributed by atoms with Crippen LogP contribution in [0.4, 0.5) is 0 Å². The van der Waals surface area contributed by atoms with Gasteiger partial charge < -0.3 is 9.13 Å². The Morgan fingerprint density at radius 1 is 0.351 bits per heavy atom. The number of rotatable bonds is 5. The summed E-state index contributed by atoms with van der Waals surface area (Å²) >= 11 is 0. The van der Waals surface area contributed by atoms with Gasteiger partial charge in [0, 0.05) is 54.8 Å². The highest BCUT2D eigenvalue weighted by Crippen LogP contribution is 2.42. The first-order valence-electron chi connectivity index (χ1n) is 32.2. The van der Waals surface area contributed by atoms with Crippen LogP contribution in [0.2, 0.25) is 0 Å². The number of hydrogen-bond acceptors (Lipinski definition) is 3. The third-order valence-electron chi connectivity index (χ3n) is 9.14. The molecule has 0 saturated heterocycles. The molecule has 0 fully saturated rings. The molecule has 6 nitrogen and oxygen atoms in total. The zero-order chi connectivity index (χ0) is 64.4. The van der Waals surface area contributed by atoms with Crippen LogP contribution in [0.1, 0.15) is 42.5 Å². The van der Waals surface area contributed by atoms with E-state index >= 15 is 0 Å².